The average molecular weight is 357 g/mol. The first-order valence-corrected chi connectivity index (χ1v) is 8.86. The Bertz CT molecular complexity index is 931. The number of carboxylic acid groups (broad SMARTS) is 1. The smallest absolute Gasteiger partial charge is 0.355 e. The van der Waals surface area contributed by atoms with Crippen molar-refractivity contribution in [2.75, 3.05) is 0 Å². The van der Waals surface area contributed by atoms with E-state index in [0.29, 0.717) is 13.0 Å². The van der Waals surface area contributed by atoms with Crippen LogP contribution in [-0.2, 0) is 13.0 Å². The van der Waals surface area contributed by atoms with Crippen molar-refractivity contribution in [3.63, 3.8) is 0 Å². The first kappa shape index (κ1) is 17.5. The van der Waals surface area contributed by atoms with E-state index in [2.05, 4.69) is 36.2 Å². The first-order chi connectivity index (χ1) is 12.0. The van der Waals surface area contributed by atoms with E-state index >= 15 is 0 Å². The zero-order valence-electron chi connectivity index (χ0n) is 14.4. The zero-order chi connectivity index (χ0) is 18.0. The summed E-state index contributed by atoms with van der Waals surface area (Å²) in [5.41, 5.74) is 2.30. The molecule has 3 aromatic rings. The molecule has 1 heterocycles. The molecule has 0 aliphatic heterocycles. The maximum absolute atomic E-state index is 11.7. The van der Waals surface area contributed by atoms with Crippen molar-refractivity contribution in [2.45, 2.75) is 39.7 Å². The van der Waals surface area contributed by atoms with Gasteiger partial charge in [0.25, 0.3) is 0 Å². The highest BCUT2D eigenvalue weighted by molar-refractivity contribution is 6.32. The fourth-order valence-corrected chi connectivity index (χ4v) is 3.46. The van der Waals surface area contributed by atoms with Crippen molar-refractivity contribution >= 4 is 28.3 Å². The Morgan fingerprint density at radius 3 is 2.72 bits per heavy atom. The number of benzene rings is 2. The molecule has 0 aliphatic carbocycles. The van der Waals surface area contributed by atoms with Gasteiger partial charge in [-0.2, -0.15) is 0 Å². The Hall–Kier alpha value is -2.33. The number of imidazole rings is 1. The average Bonchev–Trinajstić information content (AvgIpc) is 2.91. The van der Waals surface area contributed by atoms with Crippen molar-refractivity contribution in [2.24, 2.45) is 0 Å². The SMILES string of the molecule is CCCCc1nc(Cl)c(C(=O)O)n1Cc1c(C)ccc2ccccc12. The van der Waals surface area contributed by atoms with Gasteiger partial charge >= 0.3 is 5.97 Å². The molecule has 4 nitrogen and oxygen atoms in total. The number of hydrogen-bond acceptors (Lipinski definition) is 2. The second-order valence-electron chi connectivity index (χ2n) is 6.24. The number of rotatable bonds is 6. The molecule has 0 unspecified atom stereocenters. The van der Waals surface area contributed by atoms with Gasteiger partial charge in [0, 0.05) is 6.42 Å². The molecule has 25 heavy (non-hydrogen) atoms. The van der Waals surface area contributed by atoms with Crippen LogP contribution in [0, 0.1) is 6.92 Å². The number of halogens is 1. The number of aryl methyl sites for hydroxylation is 2. The number of unbranched alkanes of at least 4 members (excludes halogenated alkanes) is 1. The van der Waals surface area contributed by atoms with Gasteiger partial charge in [-0.25, -0.2) is 9.78 Å². The lowest BCUT2D eigenvalue weighted by Gasteiger charge is -2.15. The summed E-state index contributed by atoms with van der Waals surface area (Å²) in [5.74, 6) is -0.310. The summed E-state index contributed by atoms with van der Waals surface area (Å²) in [6.07, 6.45) is 2.68. The number of carboxylic acids is 1. The molecule has 0 saturated heterocycles. The Labute approximate surface area is 152 Å². The third-order valence-corrected chi connectivity index (χ3v) is 4.82. The van der Waals surface area contributed by atoms with Crippen LogP contribution in [0.25, 0.3) is 10.8 Å². The van der Waals surface area contributed by atoms with Crippen LogP contribution in [0.1, 0.15) is 47.2 Å². The van der Waals surface area contributed by atoms with Gasteiger partial charge in [0.15, 0.2) is 10.8 Å². The summed E-state index contributed by atoms with van der Waals surface area (Å²) in [7, 11) is 0. The van der Waals surface area contributed by atoms with Gasteiger partial charge < -0.3 is 9.67 Å². The predicted molar refractivity (Wildman–Crippen MR) is 101 cm³/mol. The molecular weight excluding hydrogens is 336 g/mol. The number of hydrogen-bond donors (Lipinski definition) is 1. The van der Waals surface area contributed by atoms with Crippen LogP contribution in [0.5, 0.6) is 0 Å². The minimum atomic E-state index is -1.04. The molecule has 0 bridgehead atoms. The first-order valence-electron chi connectivity index (χ1n) is 8.48. The molecule has 1 aromatic heterocycles. The lowest BCUT2D eigenvalue weighted by Crippen LogP contribution is -2.14. The van der Waals surface area contributed by atoms with Crippen LogP contribution >= 0.6 is 11.6 Å². The topological polar surface area (TPSA) is 55.1 Å². The molecule has 1 N–H and O–H groups in total. The van der Waals surface area contributed by atoms with E-state index in [1.165, 1.54) is 0 Å². The molecule has 0 aliphatic rings. The van der Waals surface area contributed by atoms with Gasteiger partial charge in [-0.15, -0.1) is 0 Å². The summed E-state index contributed by atoms with van der Waals surface area (Å²) in [4.78, 5) is 16.0. The second-order valence-corrected chi connectivity index (χ2v) is 6.60. The lowest BCUT2D eigenvalue weighted by atomic mass is 9.99. The largest absolute Gasteiger partial charge is 0.476 e. The van der Waals surface area contributed by atoms with E-state index in [-0.39, 0.29) is 10.8 Å². The minimum Gasteiger partial charge on any atom is -0.476 e. The van der Waals surface area contributed by atoms with E-state index in [1.807, 2.05) is 19.1 Å². The summed E-state index contributed by atoms with van der Waals surface area (Å²) in [5, 5.41) is 11.9. The molecule has 0 radical (unpaired) electrons. The predicted octanol–water partition coefficient (Wildman–Crippen LogP) is 5.09. The minimum absolute atomic E-state index is 0.0662. The molecular formula is C20H21ClN2O2. The third-order valence-electron chi connectivity index (χ3n) is 4.55. The van der Waals surface area contributed by atoms with Crippen LogP contribution < -0.4 is 0 Å². The van der Waals surface area contributed by atoms with Crippen molar-refractivity contribution in [1.82, 2.24) is 9.55 Å². The van der Waals surface area contributed by atoms with Crippen molar-refractivity contribution in [3.05, 3.63) is 64.2 Å². The van der Waals surface area contributed by atoms with E-state index in [0.717, 1.165) is 40.6 Å². The number of aromatic nitrogens is 2. The fraction of sp³-hybridized carbons (Fsp3) is 0.300. The highest BCUT2D eigenvalue weighted by Crippen LogP contribution is 2.26. The van der Waals surface area contributed by atoms with Crippen LogP contribution in [0.15, 0.2) is 36.4 Å². The lowest BCUT2D eigenvalue weighted by molar-refractivity contribution is 0.0685. The normalized spacial score (nSPS) is 11.2. The van der Waals surface area contributed by atoms with E-state index in [4.69, 9.17) is 11.6 Å². The molecule has 0 amide bonds. The fourth-order valence-electron chi connectivity index (χ4n) is 3.18. The molecule has 5 heteroatoms. The van der Waals surface area contributed by atoms with E-state index < -0.39 is 5.97 Å². The Morgan fingerprint density at radius 1 is 1.24 bits per heavy atom. The molecule has 0 atom stereocenters. The van der Waals surface area contributed by atoms with Crippen LogP contribution in [0.3, 0.4) is 0 Å². The van der Waals surface area contributed by atoms with Gasteiger partial charge in [0.2, 0.25) is 0 Å². The van der Waals surface area contributed by atoms with Gasteiger partial charge in [0.1, 0.15) is 5.82 Å². The quantitative estimate of drug-likeness (QED) is 0.669. The number of carbonyl (C=O) groups is 1. The monoisotopic (exact) mass is 356 g/mol. The standard InChI is InChI=1S/C20H21ClN2O2/c1-3-4-9-17-22-19(21)18(20(24)25)23(17)12-16-13(2)10-11-14-7-5-6-8-15(14)16/h5-8,10-11H,3-4,9,12H2,1-2H3,(H,24,25). The maximum Gasteiger partial charge on any atom is 0.355 e. The van der Waals surface area contributed by atoms with Crippen molar-refractivity contribution < 1.29 is 9.90 Å². The Kier molecular flexibility index (Phi) is 5.09. The summed E-state index contributed by atoms with van der Waals surface area (Å²) in [6.45, 7) is 4.60. The van der Waals surface area contributed by atoms with Gasteiger partial charge in [-0.1, -0.05) is 61.3 Å². The molecule has 2 aromatic carbocycles. The third kappa shape index (κ3) is 3.40. The molecule has 0 fully saturated rings. The van der Waals surface area contributed by atoms with Crippen LogP contribution in [0.4, 0.5) is 0 Å². The molecule has 0 saturated carbocycles. The second kappa shape index (κ2) is 7.28. The summed E-state index contributed by atoms with van der Waals surface area (Å²) in [6, 6.07) is 12.3. The van der Waals surface area contributed by atoms with E-state index in [9.17, 15) is 9.90 Å². The molecule has 130 valence electrons. The zero-order valence-corrected chi connectivity index (χ0v) is 15.2. The molecule has 3 rings (SSSR count). The van der Waals surface area contributed by atoms with Crippen molar-refractivity contribution in [3.8, 4) is 0 Å². The number of nitrogens with zero attached hydrogens (tertiary/aromatic N) is 2. The van der Waals surface area contributed by atoms with E-state index in [1.54, 1.807) is 4.57 Å². The highest BCUT2D eigenvalue weighted by atomic mass is 35.5. The van der Waals surface area contributed by atoms with Gasteiger partial charge in [-0.3, -0.25) is 0 Å². The summed E-state index contributed by atoms with van der Waals surface area (Å²) >= 11 is 6.14. The number of fused-ring (bicyclic) bond motifs is 1. The Balaban J connectivity index is 2.14. The van der Waals surface area contributed by atoms with Crippen LogP contribution in [0.2, 0.25) is 5.15 Å². The maximum atomic E-state index is 11.7. The highest BCUT2D eigenvalue weighted by Gasteiger charge is 2.22. The van der Waals surface area contributed by atoms with Gasteiger partial charge in [0.05, 0.1) is 6.54 Å². The summed E-state index contributed by atoms with van der Waals surface area (Å²) < 4.78 is 1.76. The van der Waals surface area contributed by atoms with Crippen molar-refractivity contribution in [1.29, 1.82) is 0 Å². The molecule has 0 spiro atoms. The Morgan fingerprint density at radius 2 is 2.00 bits per heavy atom. The number of aromatic carboxylic acids is 1. The van der Waals surface area contributed by atoms with Gasteiger partial charge in [-0.05, 0) is 35.2 Å². The van der Waals surface area contributed by atoms with Crippen LogP contribution in [-0.4, -0.2) is 20.6 Å².